The summed E-state index contributed by atoms with van der Waals surface area (Å²) < 4.78 is 5.04. The minimum atomic E-state index is -0.550. The zero-order chi connectivity index (χ0) is 16.9. The highest BCUT2D eigenvalue weighted by Crippen LogP contribution is 2.20. The number of carbonyl (C=O) groups excluding carboxylic acids is 1. The number of aliphatic hydroxyl groups excluding tert-OH is 1. The molecule has 134 valence electrons. The molecule has 1 aromatic heterocycles. The number of hydrogen-bond donors (Lipinski definition) is 2. The first kappa shape index (κ1) is 19.4. The topological polar surface area (TPSA) is 71.5 Å². The Labute approximate surface area is 153 Å². The van der Waals surface area contributed by atoms with Crippen LogP contribution in [0.5, 0.6) is 5.88 Å². The van der Waals surface area contributed by atoms with E-state index < -0.39 is 6.10 Å². The van der Waals surface area contributed by atoms with Crippen molar-refractivity contribution in [3.63, 3.8) is 0 Å². The summed E-state index contributed by atoms with van der Waals surface area (Å²) in [5, 5.41) is 13.8. The Bertz CT molecular complexity index is 723. The normalized spacial score (nSPS) is 17.1. The number of Topliss-reactive ketones (excluding diaryl/α,β-unsaturated/α-hetero) is 1. The van der Waals surface area contributed by atoms with Crippen molar-refractivity contribution >= 4 is 18.2 Å². The maximum absolute atomic E-state index is 12.3. The summed E-state index contributed by atoms with van der Waals surface area (Å²) in [6.45, 7) is 0.757. The van der Waals surface area contributed by atoms with Crippen LogP contribution in [-0.2, 0) is 13.0 Å². The number of carbonyl (C=O) groups is 1. The van der Waals surface area contributed by atoms with Gasteiger partial charge in [0.05, 0.1) is 13.2 Å². The largest absolute Gasteiger partial charge is 0.481 e. The second-order valence-electron chi connectivity index (χ2n) is 6.08. The highest BCUT2D eigenvalue weighted by Gasteiger charge is 2.24. The summed E-state index contributed by atoms with van der Waals surface area (Å²) in [5.41, 5.74) is 3.11. The fraction of sp³-hybridized carbons (Fsp3) is 0.368. The van der Waals surface area contributed by atoms with Crippen molar-refractivity contribution in [3.05, 3.63) is 59.3 Å². The van der Waals surface area contributed by atoms with Crippen molar-refractivity contribution in [1.82, 2.24) is 10.3 Å². The molecule has 2 heterocycles. The Hall–Kier alpha value is -1.95. The lowest BCUT2D eigenvalue weighted by molar-refractivity contribution is 0.0877. The number of ketones is 1. The quantitative estimate of drug-likeness (QED) is 0.773. The van der Waals surface area contributed by atoms with Gasteiger partial charge in [0.15, 0.2) is 5.78 Å². The molecule has 2 aromatic rings. The average Bonchev–Trinajstić information content (AvgIpc) is 2.65. The van der Waals surface area contributed by atoms with Crippen molar-refractivity contribution in [2.45, 2.75) is 38.0 Å². The van der Waals surface area contributed by atoms with Gasteiger partial charge in [-0.15, -0.1) is 12.4 Å². The molecule has 25 heavy (non-hydrogen) atoms. The Balaban J connectivity index is 0.00000225. The van der Waals surface area contributed by atoms with E-state index in [2.05, 4.69) is 22.4 Å². The van der Waals surface area contributed by atoms with Gasteiger partial charge in [0.25, 0.3) is 0 Å². The molecular weight excluding hydrogens is 340 g/mol. The minimum Gasteiger partial charge on any atom is -0.481 e. The maximum Gasteiger partial charge on any atom is 0.213 e. The van der Waals surface area contributed by atoms with E-state index >= 15 is 0 Å². The summed E-state index contributed by atoms with van der Waals surface area (Å²) in [4.78, 5) is 16.3. The number of aliphatic hydroxyl groups is 1. The van der Waals surface area contributed by atoms with Crippen LogP contribution < -0.4 is 10.1 Å². The van der Waals surface area contributed by atoms with Crippen LogP contribution >= 0.6 is 12.4 Å². The van der Waals surface area contributed by atoms with Crippen molar-refractivity contribution in [2.75, 3.05) is 7.11 Å². The van der Waals surface area contributed by atoms with Gasteiger partial charge in [-0.1, -0.05) is 24.3 Å². The van der Waals surface area contributed by atoms with E-state index in [-0.39, 0.29) is 24.2 Å². The number of nitrogens with zero attached hydrogens (tertiary/aromatic N) is 1. The second kappa shape index (κ2) is 8.94. The molecule has 0 saturated heterocycles. The molecule has 0 saturated carbocycles. The lowest BCUT2D eigenvalue weighted by atomic mass is 9.91. The Kier molecular flexibility index (Phi) is 6.93. The van der Waals surface area contributed by atoms with Crippen LogP contribution in [0.15, 0.2) is 42.6 Å². The number of methoxy groups -OCH3 is 1. The third-order valence-corrected chi connectivity index (χ3v) is 4.51. The zero-order valence-electron chi connectivity index (χ0n) is 14.1. The van der Waals surface area contributed by atoms with Gasteiger partial charge in [-0.2, -0.15) is 0 Å². The van der Waals surface area contributed by atoms with Gasteiger partial charge >= 0.3 is 0 Å². The summed E-state index contributed by atoms with van der Waals surface area (Å²) in [6.07, 6.45) is 2.53. The van der Waals surface area contributed by atoms with E-state index in [1.807, 2.05) is 12.1 Å². The van der Waals surface area contributed by atoms with E-state index in [1.54, 1.807) is 18.3 Å². The molecule has 1 aromatic carbocycles. The Morgan fingerprint density at radius 3 is 2.88 bits per heavy atom. The van der Waals surface area contributed by atoms with Crippen LogP contribution in [-0.4, -0.2) is 35.1 Å². The first-order valence-corrected chi connectivity index (χ1v) is 8.19. The predicted molar refractivity (Wildman–Crippen MR) is 98.4 cm³/mol. The first-order chi connectivity index (χ1) is 11.7. The summed E-state index contributed by atoms with van der Waals surface area (Å²) in [7, 11) is 1.52. The molecule has 6 heteroatoms. The van der Waals surface area contributed by atoms with Crippen molar-refractivity contribution in [2.24, 2.45) is 0 Å². The van der Waals surface area contributed by atoms with Crippen LogP contribution in [0.1, 0.15) is 34.3 Å². The number of nitrogens with one attached hydrogen (secondary N) is 1. The van der Waals surface area contributed by atoms with Crippen LogP contribution in [0, 0.1) is 0 Å². The first-order valence-electron chi connectivity index (χ1n) is 8.19. The minimum absolute atomic E-state index is 0. The Morgan fingerprint density at radius 2 is 2.12 bits per heavy atom. The predicted octanol–water partition coefficient (Wildman–Crippen LogP) is 2.55. The second-order valence-corrected chi connectivity index (χ2v) is 6.08. The molecule has 0 fully saturated rings. The van der Waals surface area contributed by atoms with Crippen LogP contribution in [0.2, 0.25) is 0 Å². The fourth-order valence-electron chi connectivity index (χ4n) is 3.07. The lowest BCUT2D eigenvalue weighted by Crippen LogP contribution is -2.44. The molecule has 0 amide bonds. The number of pyridine rings is 1. The van der Waals surface area contributed by atoms with E-state index in [0.29, 0.717) is 24.3 Å². The molecule has 0 aliphatic carbocycles. The van der Waals surface area contributed by atoms with Gasteiger partial charge in [-0.3, -0.25) is 4.79 Å². The third-order valence-electron chi connectivity index (χ3n) is 4.51. The van der Waals surface area contributed by atoms with Crippen LogP contribution in [0.4, 0.5) is 0 Å². The summed E-state index contributed by atoms with van der Waals surface area (Å²) in [5.74, 6) is 0.415. The highest BCUT2D eigenvalue weighted by atomic mass is 35.5. The number of ether oxygens (including phenoxy) is 1. The lowest BCUT2D eigenvalue weighted by Gasteiger charge is -2.29. The highest BCUT2D eigenvalue weighted by molar-refractivity contribution is 5.96. The average molecular weight is 363 g/mol. The molecule has 3 rings (SSSR count). The van der Waals surface area contributed by atoms with E-state index in [1.165, 1.54) is 18.2 Å². The maximum atomic E-state index is 12.3. The molecule has 2 N–H and O–H groups in total. The van der Waals surface area contributed by atoms with E-state index in [4.69, 9.17) is 4.74 Å². The van der Waals surface area contributed by atoms with Crippen molar-refractivity contribution in [3.8, 4) is 5.88 Å². The van der Waals surface area contributed by atoms with Crippen molar-refractivity contribution < 1.29 is 14.6 Å². The smallest absolute Gasteiger partial charge is 0.213 e. The third kappa shape index (κ3) is 4.78. The van der Waals surface area contributed by atoms with Crippen LogP contribution in [0.3, 0.4) is 0 Å². The van der Waals surface area contributed by atoms with Gasteiger partial charge in [-0.05, 0) is 30.0 Å². The molecule has 1 aliphatic heterocycles. The number of aromatic nitrogens is 1. The SMILES string of the molecule is COc1cc(C(=O)CC[C@@H](O)[C@@H]2Cc3ccccc3CN2)ccn1.Cl. The monoisotopic (exact) mass is 362 g/mol. The molecule has 0 bridgehead atoms. The molecule has 0 radical (unpaired) electrons. The number of fused-ring (bicyclic) bond motifs is 1. The number of rotatable bonds is 6. The zero-order valence-corrected chi connectivity index (χ0v) is 15.0. The Morgan fingerprint density at radius 1 is 1.36 bits per heavy atom. The molecule has 0 spiro atoms. The summed E-state index contributed by atoms with van der Waals surface area (Å²) >= 11 is 0. The number of halogens is 1. The molecule has 2 atom stereocenters. The molecule has 0 unspecified atom stereocenters. The van der Waals surface area contributed by atoms with Crippen LogP contribution in [0.25, 0.3) is 0 Å². The molecule has 1 aliphatic rings. The van der Waals surface area contributed by atoms with Gasteiger partial charge in [0, 0.05) is 36.8 Å². The van der Waals surface area contributed by atoms with Gasteiger partial charge < -0.3 is 15.2 Å². The van der Waals surface area contributed by atoms with Gasteiger partial charge in [0.1, 0.15) is 0 Å². The van der Waals surface area contributed by atoms with Gasteiger partial charge in [-0.25, -0.2) is 4.98 Å². The molecule has 5 nitrogen and oxygen atoms in total. The number of hydrogen-bond acceptors (Lipinski definition) is 5. The van der Waals surface area contributed by atoms with Crippen molar-refractivity contribution in [1.29, 1.82) is 0 Å². The molecular formula is C19H23ClN2O3. The van der Waals surface area contributed by atoms with E-state index in [0.717, 1.165) is 13.0 Å². The summed E-state index contributed by atoms with van der Waals surface area (Å²) in [6, 6.07) is 11.5. The van der Waals surface area contributed by atoms with E-state index in [9.17, 15) is 9.90 Å². The standard InChI is InChI=1S/C19H22N2O3.ClH/c1-24-19-11-14(8-9-20-19)17(22)6-7-18(23)16-10-13-4-2-3-5-15(13)12-21-16;/h2-5,8-9,11,16,18,21,23H,6-7,10,12H2,1H3;1H/t16-,18+;/m0./s1. The fourth-order valence-corrected chi connectivity index (χ4v) is 3.07. The van der Waals surface area contributed by atoms with Gasteiger partial charge in [0.2, 0.25) is 5.88 Å². The number of benzene rings is 1.